The van der Waals surface area contributed by atoms with Gasteiger partial charge in [-0.3, -0.25) is 0 Å². The third kappa shape index (κ3) is 1.82. The quantitative estimate of drug-likeness (QED) is 0.634. The van der Waals surface area contributed by atoms with Crippen LogP contribution in [0.4, 0.5) is 0 Å². The summed E-state index contributed by atoms with van der Waals surface area (Å²) in [6.07, 6.45) is 2.19. The van der Waals surface area contributed by atoms with E-state index in [0.29, 0.717) is 0 Å². The van der Waals surface area contributed by atoms with Crippen LogP contribution in [0.5, 0.6) is 0 Å². The van der Waals surface area contributed by atoms with Crippen molar-refractivity contribution in [2.75, 3.05) is 7.05 Å². The minimum absolute atomic E-state index is 1.04. The fourth-order valence-electron chi connectivity index (χ4n) is 1.45. The molecule has 0 aromatic carbocycles. The molecule has 0 aromatic rings. The van der Waals surface area contributed by atoms with E-state index in [1.54, 1.807) is 0 Å². The van der Waals surface area contributed by atoms with E-state index >= 15 is 0 Å². The molecule has 0 aliphatic carbocycles. The second kappa shape index (κ2) is 3.77. The van der Waals surface area contributed by atoms with E-state index in [-0.39, 0.29) is 0 Å². The molecular formula is C11H18N2. The van der Waals surface area contributed by atoms with Crippen molar-refractivity contribution in [3.63, 3.8) is 0 Å². The van der Waals surface area contributed by atoms with Gasteiger partial charge >= 0.3 is 0 Å². The number of nitrogens with zero attached hydrogens (tertiary/aromatic N) is 2. The van der Waals surface area contributed by atoms with Crippen molar-refractivity contribution in [2.45, 2.75) is 33.6 Å². The highest BCUT2D eigenvalue weighted by Gasteiger charge is 2.16. The lowest BCUT2D eigenvalue weighted by atomic mass is 10.1. The van der Waals surface area contributed by atoms with Crippen LogP contribution in [-0.2, 0) is 0 Å². The van der Waals surface area contributed by atoms with E-state index in [1.807, 2.05) is 18.9 Å². The molecule has 0 amide bonds. The van der Waals surface area contributed by atoms with Crippen molar-refractivity contribution in [1.82, 2.24) is 4.90 Å². The zero-order valence-corrected chi connectivity index (χ0v) is 9.02. The number of rotatable bonds is 2. The predicted octanol–water partition coefficient (Wildman–Crippen LogP) is 2.94. The van der Waals surface area contributed by atoms with E-state index in [0.717, 1.165) is 24.4 Å². The molecule has 0 aromatic heterocycles. The largest absolute Gasteiger partial charge is 0.333 e. The molecule has 0 atom stereocenters. The van der Waals surface area contributed by atoms with Crippen LogP contribution in [0, 0.1) is 0 Å². The van der Waals surface area contributed by atoms with Gasteiger partial charge in [-0.2, -0.15) is 0 Å². The molecule has 1 rings (SSSR count). The zero-order chi connectivity index (χ0) is 10.0. The molecule has 0 N–H and O–H groups in total. The van der Waals surface area contributed by atoms with Gasteiger partial charge in [-0.05, 0) is 25.8 Å². The van der Waals surface area contributed by atoms with Gasteiger partial charge in [0.05, 0.1) is 0 Å². The van der Waals surface area contributed by atoms with Gasteiger partial charge in [0.25, 0.3) is 0 Å². The molecule has 1 heterocycles. The minimum Gasteiger partial charge on any atom is -0.333 e. The average molecular weight is 178 g/mol. The highest BCUT2D eigenvalue weighted by atomic mass is 15.2. The minimum atomic E-state index is 1.04. The molecule has 0 bridgehead atoms. The highest BCUT2D eigenvalue weighted by Crippen LogP contribution is 2.25. The lowest BCUT2D eigenvalue weighted by Gasteiger charge is -2.27. The zero-order valence-electron chi connectivity index (χ0n) is 9.02. The first kappa shape index (κ1) is 10.0. The molecular weight excluding hydrogens is 160 g/mol. The van der Waals surface area contributed by atoms with Crippen molar-refractivity contribution >= 4 is 5.84 Å². The van der Waals surface area contributed by atoms with Gasteiger partial charge in [0.1, 0.15) is 5.84 Å². The first-order chi connectivity index (χ1) is 6.07. The molecule has 1 aliphatic rings. The Morgan fingerprint density at radius 1 is 1.38 bits per heavy atom. The van der Waals surface area contributed by atoms with Crippen LogP contribution in [0.2, 0.25) is 0 Å². The van der Waals surface area contributed by atoms with Gasteiger partial charge in [0, 0.05) is 18.4 Å². The number of aliphatic imine (C=N–C) groups is 1. The maximum atomic E-state index is 4.55. The van der Waals surface area contributed by atoms with Crippen LogP contribution in [0.25, 0.3) is 0 Å². The van der Waals surface area contributed by atoms with Crippen molar-refractivity contribution < 1.29 is 0 Å². The Labute approximate surface area is 80.7 Å². The Balaban J connectivity index is 3.00. The first-order valence-corrected chi connectivity index (χ1v) is 4.76. The summed E-state index contributed by atoms with van der Waals surface area (Å²) in [6.45, 7) is 10.3. The second-order valence-corrected chi connectivity index (χ2v) is 3.49. The van der Waals surface area contributed by atoms with Crippen LogP contribution >= 0.6 is 0 Å². The molecule has 0 spiro atoms. The average Bonchev–Trinajstić information content (AvgIpc) is 2.11. The predicted molar refractivity (Wildman–Crippen MR) is 57.6 cm³/mol. The topological polar surface area (TPSA) is 15.6 Å². The molecule has 2 nitrogen and oxygen atoms in total. The van der Waals surface area contributed by atoms with Gasteiger partial charge in [-0.1, -0.05) is 19.9 Å². The van der Waals surface area contributed by atoms with Crippen LogP contribution in [0.3, 0.4) is 0 Å². The monoisotopic (exact) mass is 178 g/mol. The molecule has 0 radical (unpaired) electrons. The van der Waals surface area contributed by atoms with Crippen LogP contribution in [-0.4, -0.2) is 17.8 Å². The van der Waals surface area contributed by atoms with Crippen molar-refractivity contribution in [1.29, 1.82) is 0 Å². The second-order valence-electron chi connectivity index (χ2n) is 3.49. The summed E-state index contributed by atoms with van der Waals surface area (Å²) in [7, 11) is 2.01. The molecule has 72 valence electrons. The Bertz CT molecular complexity index is 282. The number of allylic oxidation sites excluding steroid dienone is 2. The van der Waals surface area contributed by atoms with Crippen molar-refractivity contribution in [3.8, 4) is 0 Å². The van der Waals surface area contributed by atoms with Gasteiger partial charge in [0.15, 0.2) is 0 Å². The number of likely N-dealkylation sites (N-methyl/N-ethyl adjacent to an activating group) is 1. The fraction of sp³-hybridized carbons (Fsp3) is 0.545. The van der Waals surface area contributed by atoms with Crippen molar-refractivity contribution in [2.24, 2.45) is 4.99 Å². The third-order valence-corrected chi connectivity index (χ3v) is 2.54. The SMILES string of the molecule is C=C1C(C)=C(CCC)N=C(C)N1C. The molecule has 2 heteroatoms. The van der Waals surface area contributed by atoms with Gasteiger partial charge in [-0.15, -0.1) is 0 Å². The summed E-state index contributed by atoms with van der Waals surface area (Å²) in [5, 5.41) is 0. The van der Waals surface area contributed by atoms with Crippen LogP contribution < -0.4 is 0 Å². The van der Waals surface area contributed by atoms with Gasteiger partial charge in [-0.25, -0.2) is 4.99 Å². The number of hydrogen-bond donors (Lipinski definition) is 0. The lowest BCUT2D eigenvalue weighted by Crippen LogP contribution is -2.27. The first-order valence-electron chi connectivity index (χ1n) is 4.76. The van der Waals surface area contributed by atoms with Crippen LogP contribution in [0.1, 0.15) is 33.6 Å². The summed E-state index contributed by atoms with van der Waals surface area (Å²) in [5.41, 5.74) is 3.51. The number of amidine groups is 1. The van der Waals surface area contributed by atoms with Gasteiger partial charge in [0.2, 0.25) is 0 Å². The Hall–Kier alpha value is -1.05. The summed E-state index contributed by atoms with van der Waals surface area (Å²) in [4.78, 5) is 6.58. The summed E-state index contributed by atoms with van der Waals surface area (Å²) < 4.78 is 0. The maximum absolute atomic E-state index is 4.55. The van der Waals surface area contributed by atoms with E-state index in [1.165, 1.54) is 11.3 Å². The fourth-order valence-corrected chi connectivity index (χ4v) is 1.45. The smallest absolute Gasteiger partial charge is 0.105 e. The summed E-state index contributed by atoms with van der Waals surface area (Å²) in [6, 6.07) is 0. The Morgan fingerprint density at radius 2 is 2.00 bits per heavy atom. The van der Waals surface area contributed by atoms with E-state index in [4.69, 9.17) is 0 Å². The summed E-state index contributed by atoms with van der Waals surface area (Å²) in [5.74, 6) is 1.04. The molecule has 0 unspecified atom stereocenters. The van der Waals surface area contributed by atoms with E-state index < -0.39 is 0 Å². The molecule has 0 saturated carbocycles. The Kier molecular flexibility index (Phi) is 2.91. The molecule has 1 aliphatic heterocycles. The molecule has 0 saturated heterocycles. The van der Waals surface area contributed by atoms with Crippen molar-refractivity contribution in [3.05, 3.63) is 23.5 Å². The van der Waals surface area contributed by atoms with Gasteiger partial charge < -0.3 is 4.90 Å². The Morgan fingerprint density at radius 3 is 2.54 bits per heavy atom. The van der Waals surface area contributed by atoms with E-state index in [2.05, 4.69) is 25.4 Å². The standard InChI is InChI=1S/C11H18N2/c1-6-7-11-8(2)9(3)13(5)10(4)12-11/h3,6-7H2,1-2,4-5H3. The lowest BCUT2D eigenvalue weighted by molar-refractivity contribution is 0.613. The van der Waals surface area contributed by atoms with E-state index in [9.17, 15) is 0 Å². The van der Waals surface area contributed by atoms with Crippen LogP contribution in [0.15, 0.2) is 28.5 Å². The normalized spacial score (nSPS) is 18.0. The number of hydrogen-bond acceptors (Lipinski definition) is 2. The maximum Gasteiger partial charge on any atom is 0.105 e. The third-order valence-electron chi connectivity index (χ3n) is 2.54. The summed E-state index contributed by atoms with van der Waals surface area (Å²) >= 11 is 0. The molecule has 0 fully saturated rings. The molecule has 13 heavy (non-hydrogen) atoms. The highest BCUT2D eigenvalue weighted by molar-refractivity contribution is 5.84.